The van der Waals surface area contributed by atoms with Gasteiger partial charge in [-0.25, -0.2) is 9.18 Å². The SMILES string of the molecule is O=C(O)c1cc(-c2cc(F)ccc2OCC2CCOCC2)cc2cccnc12. The first-order valence-corrected chi connectivity index (χ1v) is 9.24. The molecule has 1 aliphatic rings. The number of hydrogen-bond donors (Lipinski definition) is 1. The largest absolute Gasteiger partial charge is 0.493 e. The van der Waals surface area contributed by atoms with Crippen LogP contribution in [0.2, 0.25) is 0 Å². The van der Waals surface area contributed by atoms with E-state index < -0.39 is 11.8 Å². The summed E-state index contributed by atoms with van der Waals surface area (Å²) in [7, 11) is 0. The molecule has 5 nitrogen and oxygen atoms in total. The highest BCUT2D eigenvalue weighted by Crippen LogP contribution is 2.34. The number of nitrogens with zero attached hydrogens (tertiary/aromatic N) is 1. The quantitative estimate of drug-likeness (QED) is 0.702. The van der Waals surface area contributed by atoms with Crippen LogP contribution in [0.5, 0.6) is 5.75 Å². The van der Waals surface area contributed by atoms with Gasteiger partial charge in [-0.05, 0) is 60.7 Å². The van der Waals surface area contributed by atoms with Crippen LogP contribution in [0.3, 0.4) is 0 Å². The van der Waals surface area contributed by atoms with E-state index in [1.807, 2.05) is 6.07 Å². The fourth-order valence-corrected chi connectivity index (χ4v) is 3.49. The van der Waals surface area contributed by atoms with Crippen LogP contribution in [0.1, 0.15) is 23.2 Å². The molecule has 2 heterocycles. The third kappa shape index (κ3) is 3.82. The number of ether oxygens (including phenoxy) is 2. The third-order valence-corrected chi connectivity index (χ3v) is 5.00. The zero-order valence-electron chi connectivity index (χ0n) is 15.2. The minimum Gasteiger partial charge on any atom is -0.493 e. The van der Waals surface area contributed by atoms with Crippen LogP contribution in [0.15, 0.2) is 48.7 Å². The molecule has 3 aromatic rings. The number of halogens is 1. The van der Waals surface area contributed by atoms with Gasteiger partial charge in [0.15, 0.2) is 0 Å². The van der Waals surface area contributed by atoms with Crippen molar-refractivity contribution in [2.45, 2.75) is 12.8 Å². The summed E-state index contributed by atoms with van der Waals surface area (Å²) < 4.78 is 25.4. The van der Waals surface area contributed by atoms with Crippen molar-refractivity contribution in [1.82, 2.24) is 4.98 Å². The number of fused-ring (bicyclic) bond motifs is 1. The van der Waals surface area contributed by atoms with Crippen molar-refractivity contribution in [2.24, 2.45) is 5.92 Å². The molecule has 1 aliphatic heterocycles. The zero-order chi connectivity index (χ0) is 19.5. The van der Waals surface area contributed by atoms with E-state index in [2.05, 4.69) is 4.98 Å². The van der Waals surface area contributed by atoms with Crippen molar-refractivity contribution >= 4 is 16.9 Å². The number of carbonyl (C=O) groups is 1. The molecule has 0 unspecified atom stereocenters. The summed E-state index contributed by atoms with van der Waals surface area (Å²) in [5, 5.41) is 10.3. The van der Waals surface area contributed by atoms with E-state index in [0.717, 1.165) is 26.1 Å². The fourth-order valence-electron chi connectivity index (χ4n) is 3.49. The molecule has 6 heteroatoms. The van der Waals surface area contributed by atoms with E-state index in [1.54, 1.807) is 24.4 Å². The molecule has 1 N–H and O–H groups in total. The second kappa shape index (κ2) is 7.94. The Morgan fingerprint density at radius 1 is 1.21 bits per heavy atom. The smallest absolute Gasteiger partial charge is 0.337 e. The highest BCUT2D eigenvalue weighted by atomic mass is 19.1. The molecular formula is C22H20FNO4. The van der Waals surface area contributed by atoms with Gasteiger partial charge in [-0.2, -0.15) is 0 Å². The highest BCUT2D eigenvalue weighted by molar-refractivity contribution is 6.04. The molecule has 1 aromatic heterocycles. The first-order chi connectivity index (χ1) is 13.6. The Morgan fingerprint density at radius 2 is 2.04 bits per heavy atom. The van der Waals surface area contributed by atoms with Gasteiger partial charge in [0.2, 0.25) is 0 Å². The highest BCUT2D eigenvalue weighted by Gasteiger charge is 2.18. The molecule has 0 atom stereocenters. The Labute approximate surface area is 161 Å². The molecule has 1 saturated heterocycles. The maximum absolute atomic E-state index is 14.0. The topological polar surface area (TPSA) is 68.7 Å². The van der Waals surface area contributed by atoms with Crippen molar-refractivity contribution < 1.29 is 23.8 Å². The summed E-state index contributed by atoms with van der Waals surface area (Å²) in [6.45, 7) is 1.97. The van der Waals surface area contributed by atoms with Crippen LogP contribution < -0.4 is 4.74 Å². The van der Waals surface area contributed by atoms with Crippen molar-refractivity contribution in [2.75, 3.05) is 19.8 Å². The third-order valence-electron chi connectivity index (χ3n) is 5.00. The molecule has 1 fully saturated rings. The average Bonchev–Trinajstić information content (AvgIpc) is 2.72. The monoisotopic (exact) mass is 381 g/mol. The number of carboxylic acid groups (broad SMARTS) is 1. The van der Waals surface area contributed by atoms with Gasteiger partial charge in [0.1, 0.15) is 11.6 Å². The molecule has 0 spiro atoms. The van der Waals surface area contributed by atoms with E-state index in [9.17, 15) is 14.3 Å². The second-order valence-corrected chi connectivity index (χ2v) is 6.91. The summed E-state index contributed by atoms with van der Waals surface area (Å²) >= 11 is 0. The van der Waals surface area contributed by atoms with Crippen molar-refractivity contribution in [1.29, 1.82) is 0 Å². The first kappa shape index (κ1) is 18.4. The lowest BCUT2D eigenvalue weighted by Crippen LogP contribution is -2.21. The summed E-state index contributed by atoms with van der Waals surface area (Å²) in [5.74, 6) is -0.558. The van der Waals surface area contributed by atoms with Crippen LogP contribution in [0, 0.1) is 11.7 Å². The number of hydrogen-bond acceptors (Lipinski definition) is 4. The predicted octanol–water partition coefficient (Wildman–Crippen LogP) is 4.54. The van der Waals surface area contributed by atoms with Crippen LogP contribution >= 0.6 is 0 Å². The van der Waals surface area contributed by atoms with Crippen LogP contribution in [-0.2, 0) is 4.74 Å². The van der Waals surface area contributed by atoms with E-state index in [-0.39, 0.29) is 5.56 Å². The van der Waals surface area contributed by atoms with E-state index in [0.29, 0.717) is 40.3 Å². The summed E-state index contributed by atoms with van der Waals surface area (Å²) in [4.78, 5) is 15.9. The molecule has 0 bridgehead atoms. The lowest BCUT2D eigenvalue weighted by atomic mass is 9.98. The Hall–Kier alpha value is -2.99. The lowest BCUT2D eigenvalue weighted by Gasteiger charge is -2.23. The van der Waals surface area contributed by atoms with Gasteiger partial charge in [-0.3, -0.25) is 4.98 Å². The van der Waals surface area contributed by atoms with Gasteiger partial charge in [0.05, 0.1) is 17.7 Å². The van der Waals surface area contributed by atoms with Crippen molar-refractivity contribution in [3.8, 4) is 16.9 Å². The number of carboxylic acids is 1. The number of aromatic carboxylic acids is 1. The molecule has 144 valence electrons. The average molecular weight is 381 g/mol. The van der Waals surface area contributed by atoms with Crippen molar-refractivity contribution in [3.63, 3.8) is 0 Å². The standard InChI is InChI=1S/C22H20FNO4/c23-17-3-4-20(28-13-14-5-8-27-9-6-14)18(12-17)16-10-15-2-1-7-24-21(15)19(11-16)22(25)26/h1-4,7,10-12,14H,5-6,8-9,13H2,(H,25,26). The second-order valence-electron chi connectivity index (χ2n) is 6.91. The number of benzene rings is 2. The van der Waals surface area contributed by atoms with Crippen LogP contribution in [-0.4, -0.2) is 35.9 Å². The van der Waals surface area contributed by atoms with Gasteiger partial charge in [-0.1, -0.05) is 6.07 Å². The van der Waals surface area contributed by atoms with Crippen LogP contribution in [0.4, 0.5) is 4.39 Å². The Balaban J connectivity index is 1.73. The molecule has 2 aromatic carbocycles. The predicted molar refractivity (Wildman–Crippen MR) is 103 cm³/mol. The maximum Gasteiger partial charge on any atom is 0.337 e. The van der Waals surface area contributed by atoms with E-state index in [1.165, 1.54) is 18.2 Å². The molecule has 0 aliphatic carbocycles. The number of pyridine rings is 1. The summed E-state index contributed by atoms with van der Waals surface area (Å²) in [5.41, 5.74) is 1.59. The zero-order valence-corrected chi connectivity index (χ0v) is 15.2. The fraction of sp³-hybridized carbons (Fsp3) is 0.273. The molecule has 4 rings (SSSR count). The Morgan fingerprint density at radius 3 is 2.82 bits per heavy atom. The molecular weight excluding hydrogens is 361 g/mol. The minimum atomic E-state index is -1.08. The summed E-state index contributed by atoms with van der Waals surface area (Å²) in [6.07, 6.45) is 3.42. The minimum absolute atomic E-state index is 0.0766. The van der Waals surface area contributed by atoms with E-state index in [4.69, 9.17) is 9.47 Å². The van der Waals surface area contributed by atoms with Gasteiger partial charge in [-0.15, -0.1) is 0 Å². The molecule has 28 heavy (non-hydrogen) atoms. The van der Waals surface area contributed by atoms with Crippen LogP contribution in [0.25, 0.3) is 22.0 Å². The Bertz CT molecular complexity index is 1010. The lowest BCUT2D eigenvalue weighted by molar-refractivity contribution is 0.0498. The number of rotatable bonds is 5. The maximum atomic E-state index is 14.0. The first-order valence-electron chi connectivity index (χ1n) is 9.24. The number of aromatic nitrogens is 1. The molecule has 0 radical (unpaired) electrons. The molecule has 0 amide bonds. The van der Waals surface area contributed by atoms with Gasteiger partial charge in [0.25, 0.3) is 0 Å². The van der Waals surface area contributed by atoms with Gasteiger partial charge < -0.3 is 14.6 Å². The van der Waals surface area contributed by atoms with Gasteiger partial charge in [0, 0.05) is 30.4 Å². The van der Waals surface area contributed by atoms with E-state index >= 15 is 0 Å². The summed E-state index contributed by atoms with van der Waals surface area (Å²) in [6, 6.07) is 11.2. The Kier molecular flexibility index (Phi) is 5.21. The van der Waals surface area contributed by atoms with Gasteiger partial charge >= 0.3 is 5.97 Å². The normalized spacial score (nSPS) is 14.9. The molecule has 0 saturated carbocycles. The van der Waals surface area contributed by atoms with Crippen molar-refractivity contribution in [3.05, 3.63) is 60.0 Å².